The van der Waals surface area contributed by atoms with Gasteiger partial charge in [0.05, 0.1) is 18.5 Å². The number of rotatable bonds is 5. The summed E-state index contributed by atoms with van der Waals surface area (Å²) >= 11 is 1.51. The second kappa shape index (κ2) is 8.44. The van der Waals surface area contributed by atoms with Gasteiger partial charge in [-0.25, -0.2) is 4.98 Å². The summed E-state index contributed by atoms with van der Waals surface area (Å²) in [5.74, 6) is 0.823. The molecule has 0 atom stereocenters. The summed E-state index contributed by atoms with van der Waals surface area (Å²) in [6, 6.07) is 9.93. The van der Waals surface area contributed by atoms with E-state index >= 15 is 0 Å². The van der Waals surface area contributed by atoms with Crippen LogP contribution in [0.25, 0.3) is 21.3 Å². The number of carbonyl (C=O) groups excluding carboxylic acids is 1. The van der Waals surface area contributed by atoms with Crippen molar-refractivity contribution in [1.29, 1.82) is 0 Å². The fraction of sp³-hybridized carbons (Fsp3) is 0.381. The Hall–Kier alpha value is -2.55. The first-order valence-electron chi connectivity index (χ1n) is 9.72. The van der Waals surface area contributed by atoms with E-state index in [4.69, 9.17) is 4.98 Å². The first kappa shape index (κ1) is 19.8. The van der Waals surface area contributed by atoms with Crippen molar-refractivity contribution in [3.8, 4) is 11.1 Å². The Morgan fingerprint density at radius 1 is 1.14 bits per heavy atom. The molecule has 0 aliphatic carbocycles. The molecular weight excluding hydrogens is 386 g/mol. The number of benzene rings is 1. The summed E-state index contributed by atoms with van der Waals surface area (Å²) in [6.07, 6.45) is 0. The van der Waals surface area contributed by atoms with Crippen molar-refractivity contribution >= 4 is 27.5 Å². The normalized spacial score (nSPS) is 15.7. The highest BCUT2D eigenvalue weighted by molar-refractivity contribution is 7.17. The number of amides is 1. The minimum absolute atomic E-state index is 0.0830. The van der Waals surface area contributed by atoms with E-state index in [2.05, 4.69) is 14.8 Å². The lowest BCUT2D eigenvalue weighted by Gasteiger charge is -2.34. The molecule has 0 saturated carbocycles. The van der Waals surface area contributed by atoms with Gasteiger partial charge in [0, 0.05) is 51.2 Å². The second-order valence-electron chi connectivity index (χ2n) is 7.55. The van der Waals surface area contributed by atoms with Gasteiger partial charge in [-0.2, -0.15) is 0 Å². The van der Waals surface area contributed by atoms with Crippen LogP contribution in [0.15, 0.2) is 40.5 Å². The smallest absolute Gasteiger partial charge is 0.260 e. The second-order valence-corrected chi connectivity index (χ2v) is 8.41. The van der Waals surface area contributed by atoms with Gasteiger partial charge in [0.2, 0.25) is 5.91 Å². The first-order valence-corrected chi connectivity index (χ1v) is 10.6. The first-order chi connectivity index (χ1) is 14.0. The van der Waals surface area contributed by atoms with Gasteiger partial charge in [-0.3, -0.25) is 19.4 Å². The predicted octanol–water partition coefficient (Wildman–Crippen LogP) is 1.86. The third-order valence-electron chi connectivity index (χ3n) is 5.27. The fourth-order valence-electron chi connectivity index (χ4n) is 3.55. The summed E-state index contributed by atoms with van der Waals surface area (Å²) in [7, 11) is 3.56. The van der Waals surface area contributed by atoms with Crippen molar-refractivity contribution in [3.63, 3.8) is 0 Å². The molecule has 1 N–H and O–H groups in total. The average molecular weight is 412 g/mol. The number of aromatic amines is 1. The zero-order valence-corrected chi connectivity index (χ0v) is 17.5. The number of hydrogen-bond acceptors (Lipinski definition) is 6. The molecule has 2 aromatic heterocycles. The Kier molecular flexibility index (Phi) is 5.75. The van der Waals surface area contributed by atoms with Crippen molar-refractivity contribution in [3.05, 3.63) is 51.9 Å². The van der Waals surface area contributed by atoms with Crippen LogP contribution in [-0.2, 0) is 11.3 Å². The van der Waals surface area contributed by atoms with Gasteiger partial charge < -0.3 is 9.88 Å². The Balaban J connectivity index is 1.45. The lowest BCUT2D eigenvalue weighted by molar-refractivity contribution is -0.130. The summed E-state index contributed by atoms with van der Waals surface area (Å²) in [6.45, 7) is 4.44. The molecule has 1 saturated heterocycles. The van der Waals surface area contributed by atoms with Crippen LogP contribution >= 0.6 is 11.3 Å². The van der Waals surface area contributed by atoms with Gasteiger partial charge in [-0.15, -0.1) is 11.3 Å². The van der Waals surface area contributed by atoms with Crippen molar-refractivity contribution in [1.82, 2.24) is 24.7 Å². The van der Waals surface area contributed by atoms with E-state index in [1.807, 2.05) is 35.7 Å². The van der Waals surface area contributed by atoms with Gasteiger partial charge in [0.25, 0.3) is 5.56 Å². The average Bonchev–Trinajstić information content (AvgIpc) is 3.14. The Morgan fingerprint density at radius 3 is 2.52 bits per heavy atom. The lowest BCUT2D eigenvalue weighted by Crippen LogP contribution is -2.49. The number of carbonyl (C=O) groups is 1. The molecule has 1 aromatic carbocycles. The zero-order valence-electron chi connectivity index (χ0n) is 16.7. The van der Waals surface area contributed by atoms with E-state index in [-0.39, 0.29) is 11.5 Å². The van der Waals surface area contributed by atoms with E-state index in [0.717, 1.165) is 42.1 Å². The minimum atomic E-state index is -0.0830. The van der Waals surface area contributed by atoms with Crippen LogP contribution < -0.4 is 5.56 Å². The predicted molar refractivity (Wildman–Crippen MR) is 116 cm³/mol. The standard InChI is InChI=1S/C21H25N5O2S/c1-24(2)18(27)13-26-10-8-25(9-11-26)12-17-22-20(28)19-16(14-29-21(19)23-17)15-6-4-3-5-7-15/h3-7,14H,8-13H2,1-2H3,(H,22,23,28). The molecule has 0 spiro atoms. The van der Waals surface area contributed by atoms with Crippen molar-refractivity contribution < 1.29 is 4.79 Å². The maximum Gasteiger partial charge on any atom is 0.260 e. The number of fused-ring (bicyclic) bond motifs is 1. The van der Waals surface area contributed by atoms with Gasteiger partial charge in [-0.1, -0.05) is 30.3 Å². The number of aromatic nitrogens is 2. The lowest BCUT2D eigenvalue weighted by atomic mass is 10.1. The molecule has 4 rings (SSSR count). The molecule has 1 aliphatic rings. The van der Waals surface area contributed by atoms with Crippen LogP contribution in [0.3, 0.4) is 0 Å². The SMILES string of the molecule is CN(C)C(=O)CN1CCN(Cc2nc3scc(-c4ccccc4)c3c(=O)[nH]2)CC1. The topological polar surface area (TPSA) is 72.5 Å². The summed E-state index contributed by atoms with van der Waals surface area (Å²) < 4.78 is 0. The number of nitrogens with one attached hydrogen (secondary N) is 1. The van der Waals surface area contributed by atoms with Crippen molar-refractivity contribution in [2.75, 3.05) is 46.8 Å². The molecule has 3 heterocycles. The van der Waals surface area contributed by atoms with Crippen LogP contribution in [0.4, 0.5) is 0 Å². The number of piperazine rings is 1. The Morgan fingerprint density at radius 2 is 1.83 bits per heavy atom. The maximum atomic E-state index is 12.8. The number of nitrogens with zero attached hydrogens (tertiary/aromatic N) is 4. The molecule has 1 amide bonds. The van der Waals surface area contributed by atoms with E-state index in [1.54, 1.807) is 19.0 Å². The Bertz CT molecular complexity index is 1050. The van der Waals surface area contributed by atoms with Crippen LogP contribution in [-0.4, -0.2) is 77.4 Å². The summed E-state index contributed by atoms with van der Waals surface area (Å²) in [5, 5.41) is 2.67. The quantitative estimate of drug-likeness (QED) is 0.694. The van der Waals surface area contributed by atoms with Gasteiger partial charge in [0.15, 0.2) is 0 Å². The fourth-order valence-corrected chi connectivity index (χ4v) is 4.52. The molecule has 3 aromatic rings. The van der Waals surface area contributed by atoms with Crippen LogP contribution in [0.2, 0.25) is 0 Å². The molecule has 152 valence electrons. The monoisotopic (exact) mass is 411 g/mol. The molecule has 1 fully saturated rings. The largest absolute Gasteiger partial charge is 0.348 e. The highest BCUT2D eigenvalue weighted by atomic mass is 32.1. The number of H-pyrrole nitrogens is 1. The third kappa shape index (κ3) is 4.39. The number of hydrogen-bond donors (Lipinski definition) is 1. The van der Waals surface area contributed by atoms with E-state index < -0.39 is 0 Å². The number of likely N-dealkylation sites (N-methyl/N-ethyl adjacent to an activating group) is 1. The minimum Gasteiger partial charge on any atom is -0.348 e. The van der Waals surface area contributed by atoms with Gasteiger partial charge in [-0.05, 0) is 5.56 Å². The van der Waals surface area contributed by atoms with Crippen LogP contribution in [0, 0.1) is 0 Å². The summed E-state index contributed by atoms with van der Waals surface area (Å²) in [4.78, 5) is 39.2. The van der Waals surface area contributed by atoms with Gasteiger partial charge in [0.1, 0.15) is 10.7 Å². The molecule has 1 aliphatic heterocycles. The Labute approximate surface area is 173 Å². The third-order valence-corrected chi connectivity index (χ3v) is 6.15. The van der Waals surface area contributed by atoms with Crippen LogP contribution in [0.5, 0.6) is 0 Å². The highest BCUT2D eigenvalue weighted by Gasteiger charge is 2.21. The molecule has 0 radical (unpaired) electrons. The maximum absolute atomic E-state index is 12.8. The summed E-state index contributed by atoms with van der Waals surface area (Å²) in [5.41, 5.74) is 1.88. The van der Waals surface area contributed by atoms with Crippen molar-refractivity contribution in [2.45, 2.75) is 6.54 Å². The van der Waals surface area contributed by atoms with E-state index in [1.165, 1.54) is 11.3 Å². The molecule has 8 heteroatoms. The van der Waals surface area contributed by atoms with Crippen molar-refractivity contribution in [2.24, 2.45) is 0 Å². The molecule has 0 bridgehead atoms. The molecule has 7 nitrogen and oxygen atoms in total. The zero-order chi connectivity index (χ0) is 20.4. The van der Waals surface area contributed by atoms with E-state index in [9.17, 15) is 9.59 Å². The van der Waals surface area contributed by atoms with E-state index in [0.29, 0.717) is 24.3 Å². The molecule has 29 heavy (non-hydrogen) atoms. The highest BCUT2D eigenvalue weighted by Crippen LogP contribution is 2.30. The number of thiophene rings is 1. The van der Waals surface area contributed by atoms with Gasteiger partial charge >= 0.3 is 0 Å². The van der Waals surface area contributed by atoms with Crippen LogP contribution in [0.1, 0.15) is 5.82 Å². The molecule has 0 unspecified atom stereocenters. The molecular formula is C21H25N5O2S.